The number of phenolic OH excluding ortho intramolecular Hbond substituents is 1. The highest BCUT2D eigenvalue weighted by Gasteiger charge is 2.51. The molecule has 1 heterocycles. The van der Waals surface area contributed by atoms with Gasteiger partial charge in [-0.25, -0.2) is 0 Å². The second kappa shape index (κ2) is 4.30. The quantitative estimate of drug-likeness (QED) is 0.872. The fourth-order valence-electron chi connectivity index (χ4n) is 2.69. The molecule has 0 spiro atoms. The molecule has 6 heteroatoms. The molecule has 1 aromatic rings. The van der Waals surface area contributed by atoms with Gasteiger partial charge in [-0.2, -0.15) is 0 Å². The number of hydrogen-bond acceptors (Lipinski definition) is 4. The number of carbonyl (C=O) groups is 1. The highest BCUT2D eigenvalue weighted by Crippen LogP contribution is 2.55. The van der Waals surface area contributed by atoms with Crippen LogP contribution in [0, 0.1) is 0 Å². The number of ether oxygens (including phenoxy) is 2. The summed E-state index contributed by atoms with van der Waals surface area (Å²) in [4.78, 5) is 11.6. The molecule has 1 saturated carbocycles. The van der Waals surface area contributed by atoms with Crippen molar-refractivity contribution in [3.8, 4) is 17.2 Å². The van der Waals surface area contributed by atoms with E-state index in [9.17, 15) is 15.0 Å². The van der Waals surface area contributed by atoms with E-state index in [0.29, 0.717) is 47.6 Å². The zero-order chi connectivity index (χ0) is 13.6. The Morgan fingerprint density at radius 3 is 2.58 bits per heavy atom. The van der Waals surface area contributed by atoms with Gasteiger partial charge in [-0.05, 0) is 28.8 Å². The maximum absolute atomic E-state index is 11.6. The van der Waals surface area contributed by atoms with Gasteiger partial charge in [0, 0.05) is 6.07 Å². The van der Waals surface area contributed by atoms with E-state index in [4.69, 9.17) is 9.47 Å². The molecule has 1 aromatic carbocycles. The lowest BCUT2D eigenvalue weighted by Crippen LogP contribution is -2.43. The minimum Gasteiger partial charge on any atom is -0.506 e. The van der Waals surface area contributed by atoms with Gasteiger partial charge in [-0.3, -0.25) is 4.79 Å². The summed E-state index contributed by atoms with van der Waals surface area (Å²) in [5.41, 5.74) is -0.714. The smallest absolute Gasteiger partial charge is 0.314 e. The van der Waals surface area contributed by atoms with Gasteiger partial charge in [0.05, 0.1) is 10.0 Å². The first-order chi connectivity index (χ1) is 9.06. The second-order valence-corrected chi connectivity index (χ2v) is 5.70. The Labute approximate surface area is 118 Å². The molecule has 2 aliphatic rings. The maximum atomic E-state index is 11.6. The van der Waals surface area contributed by atoms with Crippen LogP contribution in [0.1, 0.15) is 24.8 Å². The molecule has 0 amide bonds. The minimum atomic E-state index is -1.06. The van der Waals surface area contributed by atoms with Gasteiger partial charge >= 0.3 is 5.97 Å². The highest BCUT2D eigenvalue weighted by atomic mass is 79.9. The van der Waals surface area contributed by atoms with Crippen LogP contribution in [0.2, 0.25) is 0 Å². The van der Waals surface area contributed by atoms with Crippen molar-refractivity contribution in [3.63, 3.8) is 0 Å². The van der Waals surface area contributed by atoms with Crippen molar-refractivity contribution in [2.75, 3.05) is 13.2 Å². The van der Waals surface area contributed by atoms with E-state index in [1.165, 1.54) is 0 Å². The molecule has 0 saturated heterocycles. The Morgan fingerprint density at radius 2 is 2.00 bits per heavy atom. The number of phenols is 1. The Hall–Kier alpha value is -1.43. The Balaban J connectivity index is 2.24. The summed E-state index contributed by atoms with van der Waals surface area (Å²) in [6.45, 7) is 0.778. The van der Waals surface area contributed by atoms with Crippen LogP contribution >= 0.6 is 15.9 Å². The van der Waals surface area contributed by atoms with E-state index in [1.807, 2.05) is 0 Å². The second-order valence-electron chi connectivity index (χ2n) is 4.85. The van der Waals surface area contributed by atoms with Crippen LogP contribution in [0.4, 0.5) is 0 Å². The van der Waals surface area contributed by atoms with Gasteiger partial charge in [0.2, 0.25) is 0 Å². The van der Waals surface area contributed by atoms with Crippen molar-refractivity contribution < 1.29 is 24.5 Å². The van der Waals surface area contributed by atoms with Gasteiger partial charge < -0.3 is 19.7 Å². The van der Waals surface area contributed by atoms with Gasteiger partial charge in [0.25, 0.3) is 0 Å². The number of halogens is 1. The van der Waals surface area contributed by atoms with E-state index < -0.39 is 11.4 Å². The molecule has 19 heavy (non-hydrogen) atoms. The molecule has 5 nitrogen and oxygen atoms in total. The Kier molecular flexibility index (Phi) is 2.85. The van der Waals surface area contributed by atoms with Crippen molar-refractivity contribution in [2.24, 2.45) is 0 Å². The summed E-state index contributed by atoms with van der Waals surface area (Å²) in [5, 5.41) is 19.8. The molecule has 0 unspecified atom stereocenters. The zero-order valence-corrected chi connectivity index (χ0v) is 11.7. The normalized spacial score (nSPS) is 19.6. The van der Waals surface area contributed by atoms with E-state index in [0.717, 1.165) is 6.42 Å². The largest absolute Gasteiger partial charge is 0.506 e. The first-order valence-corrected chi connectivity index (χ1v) is 6.90. The van der Waals surface area contributed by atoms with Crippen molar-refractivity contribution in [1.82, 2.24) is 0 Å². The van der Waals surface area contributed by atoms with E-state index >= 15 is 0 Å². The van der Waals surface area contributed by atoms with Crippen molar-refractivity contribution in [2.45, 2.75) is 24.7 Å². The molecule has 1 aliphatic carbocycles. The van der Waals surface area contributed by atoms with Crippen LogP contribution in [0.3, 0.4) is 0 Å². The van der Waals surface area contributed by atoms with Gasteiger partial charge in [-0.15, -0.1) is 0 Å². The SMILES string of the molecule is O=C(O)C1(c2c(O)c(Br)cc3c2OCCO3)CCC1. The number of hydrogen-bond donors (Lipinski definition) is 2. The molecule has 0 bridgehead atoms. The van der Waals surface area contributed by atoms with Crippen molar-refractivity contribution in [1.29, 1.82) is 0 Å². The summed E-state index contributed by atoms with van der Waals surface area (Å²) in [6, 6.07) is 1.61. The number of aliphatic carboxylic acids is 1. The molecular weight excluding hydrogens is 316 g/mol. The fourth-order valence-corrected chi connectivity index (χ4v) is 3.10. The van der Waals surface area contributed by atoms with Crippen LogP contribution in [-0.4, -0.2) is 29.4 Å². The predicted molar refractivity (Wildman–Crippen MR) is 70.0 cm³/mol. The van der Waals surface area contributed by atoms with E-state index in [1.54, 1.807) is 6.07 Å². The molecule has 0 radical (unpaired) electrons. The van der Waals surface area contributed by atoms with E-state index in [2.05, 4.69) is 15.9 Å². The van der Waals surface area contributed by atoms with Gasteiger partial charge in [0.1, 0.15) is 24.4 Å². The lowest BCUT2D eigenvalue weighted by atomic mass is 9.64. The minimum absolute atomic E-state index is 0.0636. The average Bonchev–Trinajstić information content (AvgIpc) is 2.32. The third-order valence-corrected chi connectivity index (χ3v) is 4.46. The summed E-state index contributed by atoms with van der Waals surface area (Å²) in [7, 11) is 0. The summed E-state index contributed by atoms with van der Waals surface area (Å²) in [6.07, 6.45) is 1.83. The molecule has 0 atom stereocenters. The van der Waals surface area contributed by atoms with Crippen LogP contribution < -0.4 is 9.47 Å². The standard InChI is InChI=1S/C13H13BrO5/c14-7-6-8-11(19-5-4-18-8)9(10(7)15)13(12(16)17)2-1-3-13/h6,15H,1-5H2,(H,16,17). The molecular formula is C13H13BrO5. The highest BCUT2D eigenvalue weighted by molar-refractivity contribution is 9.10. The number of carboxylic acid groups (broad SMARTS) is 1. The Bertz CT molecular complexity index is 550. The maximum Gasteiger partial charge on any atom is 0.314 e. The summed E-state index contributed by atoms with van der Waals surface area (Å²) in [5.74, 6) is -0.137. The lowest BCUT2D eigenvalue weighted by molar-refractivity contribution is -0.147. The van der Waals surface area contributed by atoms with Crippen molar-refractivity contribution >= 4 is 21.9 Å². The fraction of sp³-hybridized carbons (Fsp3) is 0.462. The number of rotatable bonds is 2. The summed E-state index contributed by atoms with van der Waals surface area (Å²) >= 11 is 3.24. The van der Waals surface area contributed by atoms with Crippen molar-refractivity contribution in [3.05, 3.63) is 16.1 Å². The molecule has 1 fully saturated rings. The van der Waals surface area contributed by atoms with Gasteiger partial charge in [-0.1, -0.05) is 6.42 Å². The molecule has 1 aliphatic heterocycles. The third-order valence-electron chi connectivity index (χ3n) is 3.85. The van der Waals surface area contributed by atoms with Crippen LogP contribution in [0.25, 0.3) is 0 Å². The van der Waals surface area contributed by atoms with Crippen LogP contribution in [0.15, 0.2) is 10.5 Å². The van der Waals surface area contributed by atoms with E-state index in [-0.39, 0.29) is 5.75 Å². The lowest BCUT2D eigenvalue weighted by Gasteiger charge is -2.40. The summed E-state index contributed by atoms with van der Waals surface area (Å²) < 4.78 is 11.5. The topological polar surface area (TPSA) is 76.0 Å². The average molecular weight is 329 g/mol. The number of aromatic hydroxyl groups is 1. The van der Waals surface area contributed by atoms with Crippen LogP contribution in [0.5, 0.6) is 17.2 Å². The first kappa shape index (κ1) is 12.6. The molecule has 3 rings (SSSR count). The number of benzene rings is 1. The number of fused-ring (bicyclic) bond motifs is 1. The third kappa shape index (κ3) is 1.69. The zero-order valence-electron chi connectivity index (χ0n) is 10.1. The van der Waals surface area contributed by atoms with Crippen LogP contribution in [-0.2, 0) is 10.2 Å². The first-order valence-electron chi connectivity index (χ1n) is 6.11. The predicted octanol–water partition coefficient (Wildman–Crippen LogP) is 2.43. The Morgan fingerprint density at radius 1 is 1.32 bits per heavy atom. The number of carboxylic acids is 1. The van der Waals surface area contributed by atoms with Gasteiger partial charge in [0.15, 0.2) is 11.5 Å². The monoisotopic (exact) mass is 328 g/mol. The molecule has 2 N–H and O–H groups in total. The molecule has 0 aromatic heterocycles. The molecule has 102 valence electrons.